The van der Waals surface area contributed by atoms with E-state index in [1.54, 1.807) is 23.6 Å². The van der Waals surface area contributed by atoms with Gasteiger partial charge in [-0.05, 0) is 47.9 Å². The first kappa shape index (κ1) is 30.4. The van der Waals surface area contributed by atoms with Crippen molar-refractivity contribution in [3.8, 4) is 0 Å². The molecule has 0 radical (unpaired) electrons. The predicted molar refractivity (Wildman–Crippen MR) is 158 cm³/mol. The molecule has 1 aliphatic heterocycles. The zero-order valence-electron chi connectivity index (χ0n) is 21.9. The van der Waals surface area contributed by atoms with Crippen molar-refractivity contribution in [3.05, 3.63) is 72.3 Å². The van der Waals surface area contributed by atoms with Gasteiger partial charge in [-0.3, -0.25) is 14.4 Å². The van der Waals surface area contributed by atoms with E-state index in [0.29, 0.717) is 24.9 Å². The van der Waals surface area contributed by atoms with Crippen LogP contribution in [-0.4, -0.2) is 54.3 Å². The fraction of sp³-hybridized carbons (Fsp3) is 0.345. The molecule has 0 spiro atoms. The molecule has 1 aliphatic rings. The molecular formula is C29H35ClN4O4S. The first-order valence-electron chi connectivity index (χ1n) is 12.8. The first-order chi connectivity index (χ1) is 18.3. The molecular weight excluding hydrogens is 536 g/mol. The van der Waals surface area contributed by atoms with E-state index in [1.165, 1.54) is 0 Å². The zero-order chi connectivity index (χ0) is 27.1. The van der Waals surface area contributed by atoms with Crippen molar-refractivity contribution in [2.45, 2.75) is 42.7 Å². The summed E-state index contributed by atoms with van der Waals surface area (Å²) < 4.78 is 0. The summed E-state index contributed by atoms with van der Waals surface area (Å²) >= 11 is 1.66. The monoisotopic (exact) mass is 570 g/mol. The summed E-state index contributed by atoms with van der Waals surface area (Å²) in [5.74, 6) is 0.0225. The van der Waals surface area contributed by atoms with Gasteiger partial charge in [-0.25, -0.2) is 0 Å². The van der Waals surface area contributed by atoms with Crippen LogP contribution < -0.4 is 21.3 Å². The number of hydrogen-bond acceptors (Lipinski definition) is 6. The van der Waals surface area contributed by atoms with E-state index in [9.17, 15) is 19.5 Å². The van der Waals surface area contributed by atoms with Crippen molar-refractivity contribution in [3.63, 3.8) is 0 Å². The third-order valence-electron chi connectivity index (χ3n) is 6.76. The van der Waals surface area contributed by atoms with Crippen molar-refractivity contribution >= 4 is 58.4 Å². The van der Waals surface area contributed by atoms with E-state index in [0.717, 1.165) is 27.1 Å². The molecule has 39 heavy (non-hydrogen) atoms. The maximum absolute atomic E-state index is 13.4. The number of halogens is 1. The number of aliphatic hydroxyl groups is 1. The summed E-state index contributed by atoms with van der Waals surface area (Å²) in [5, 5.41) is 17.5. The summed E-state index contributed by atoms with van der Waals surface area (Å²) in [4.78, 5) is 42.1. The molecule has 1 heterocycles. The number of rotatable bonds is 10. The number of fused-ring (bicyclic) bond motifs is 2. The molecule has 10 heteroatoms. The van der Waals surface area contributed by atoms with Crippen LogP contribution >= 0.6 is 24.2 Å². The second-order valence-corrected chi connectivity index (χ2v) is 10.7. The second-order valence-electron chi connectivity index (χ2n) is 9.55. The normalized spacial score (nSPS) is 15.4. The van der Waals surface area contributed by atoms with Gasteiger partial charge in [0.25, 0.3) is 0 Å². The van der Waals surface area contributed by atoms with Gasteiger partial charge in [-0.15, -0.1) is 24.2 Å². The number of benzene rings is 3. The molecule has 2 atom stereocenters. The molecule has 0 saturated carbocycles. The van der Waals surface area contributed by atoms with Crippen LogP contribution in [0.5, 0.6) is 0 Å². The summed E-state index contributed by atoms with van der Waals surface area (Å²) in [7, 11) is 0. The number of nitrogens with zero attached hydrogens (tertiary/aromatic N) is 1. The molecule has 208 valence electrons. The molecule has 4 rings (SSSR count). The Morgan fingerprint density at radius 2 is 1.82 bits per heavy atom. The summed E-state index contributed by atoms with van der Waals surface area (Å²) in [6.07, 6.45) is 0.141. The van der Waals surface area contributed by atoms with Crippen LogP contribution in [-0.2, 0) is 19.9 Å². The highest BCUT2D eigenvalue weighted by molar-refractivity contribution is 7.99. The Balaban J connectivity index is 0.00000420. The largest absolute Gasteiger partial charge is 0.390 e. The van der Waals surface area contributed by atoms with Gasteiger partial charge in [-0.1, -0.05) is 48.5 Å². The van der Waals surface area contributed by atoms with Gasteiger partial charge in [-0.2, -0.15) is 0 Å². The lowest BCUT2D eigenvalue weighted by Gasteiger charge is -2.31. The number of nitrogens with two attached hydrogens (primary N) is 1. The molecule has 5 N–H and O–H groups in total. The highest BCUT2D eigenvalue weighted by Gasteiger charge is 2.37. The van der Waals surface area contributed by atoms with E-state index in [4.69, 9.17) is 5.73 Å². The molecule has 0 bridgehead atoms. The van der Waals surface area contributed by atoms with Gasteiger partial charge < -0.3 is 26.4 Å². The number of para-hydroxylation sites is 1. The number of thioether (sulfide) groups is 1. The number of hydrogen-bond donors (Lipinski definition) is 4. The molecule has 0 saturated heterocycles. The number of carbonyl (C=O) groups excluding carboxylic acids is 3. The van der Waals surface area contributed by atoms with E-state index in [2.05, 4.69) is 10.6 Å². The van der Waals surface area contributed by atoms with Crippen molar-refractivity contribution in [1.29, 1.82) is 0 Å². The van der Waals surface area contributed by atoms with Gasteiger partial charge in [0.15, 0.2) is 0 Å². The molecule has 0 fully saturated rings. The van der Waals surface area contributed by atoms with Crippen molar-refractivity contribution in [1.82, 2.24) is 10.6 Å². The molecule has 8 nitrogen and oxygen atoms in total. The molecule has 3 aromatic rings. The van der Waals surface area contributed by atoms with Crippen LogP contribution in [0.2, 0.25) is 0 Å². The summed E-state index contributed by atoms with van der Waals surface area (Å²) in [6.45, 7) is 2.05. The van der Waals surface area contributed by atoms with Gasteiger partial charge in [0.05, 0.1) is 11.8 Å². The zero-order valence-corrected chi connectivity index (χ0v) is 23.5. The highest BCUT2D eigenvalue weighted by Crippen LogP contribution is 2.34. The number of nitrogens with one attached hydrogen (secondary N) is 2. The molecule has 0 aromatic heterocycles. The van der Waals surface area contributed by atoms with Crippen molar-refractivity contribution < 1.29 is 19.5 Å². The number of carbonyl (C=O) groups is 3. The average Bonchev–Trinajstić information content (AvgIpc) is 3.09. The maximum Gasteiger partial charge on any atom is 0.250 e. The van der Waals surface area contributed by atoms with Crippen LogP contribution in [0.25, 0.3) is 10.8 Å². The van der Waals surface area contributed by atoms with E-state index < -0.39 is 17.6 Å². The lowest BCUT2D eigenvalue weighted by molar-refractivity contribution is -0.133. The van der Waals surface area contributed by atoms with Crippen LogP contribution in [0.3, 0.4) is 0 Å². The topological polar surface area (TPSA) is 125 Å². The van der Waals surface area contributed by atoms with E-state index in [-0.39, 0.29) is 43.7 Å². The van der Waals surface area contributed by atoms with Crippen LogP contribution in [0.1, 0.15) is 31.7 Å². The van der Waals surface area contributed by atoms with Gasteiger partial charge >= 0.3 is 0 Å². The lowest BCUT2D eigenvalue weighted by Crippen LogP contribution is -2.55. The SMILES string of the molecule is C[C@](NC(=O)CCCN1C(=O)CCSc2ccccc21)(C(=O)NCC(O)CN)c1ccc2ccccc2c1.Cl. The second kappa shape index (κ2) is 13.8. The quantitative estimate of drug-likeness (QED) is 0.296. The molecule has 3 aromatic carbocycles. The van der Waals surface area contributed by atoms with Crippen LogP contribution in [0.15, 0.2) is 71.6 Å². The fourth-order valence-corrected chi connectivity index (χ4v) is 5.53. The summed E-state index contributed by atoms with van der Waals surface area (Å²) in [6, 6.07) is 21.2. The Hall–Kier alpha value is -3.11. The number of anilines is 1. The van der Waals surface area contributed by atoms with Gasteiger partial charge in [0.2, 0.25) is 17.7 Å². The van der Waals surface area contributed by atoms with Crippen LogP contribution in [0, 0.1) is 0 Å². The number of amides is 3. The Bertz CT molecular complexity index is 1320. The third kappa shape index (κ3) is 7.30. The highest BCUT2D eigenvalue weighted by atomic mass is 35.5. The van der Waals surface area contributed by atoms with Crippen molar-refractivity contribution in [2.75, 3.05) is 30.3 Å². The minimum Gasteiger partial charge on any atom is -0.390 e. The van der Waals surface area contributed by atoms with Gasteiger partial charge in [0.1, 0.15) is 5.54 Å². The smallest absolute Gasteiger partial charge is 0.250 e. The molecule has 3 amide bonds. The standard InChI is InChI=1S/C29H34N4O4S.ClH/c1-29(28(37)31-19-23(34)18-30,22-13-12-20-7-2-3-8-21(20)17-22)32-26(35)11-6-15-33-24-9-4-5-10-25(24)38-16-14-27(33)36;/h2-5,7-10,12-13,17,23,34H,6,11,14-16,18-19,30H2,1H3,(H,31,37)(H,32,35);1H/t23?,29-;/m1./s1. The minimum absolute atomic E-state index is 0. The maximum atomic E-state index is 13.4. The van der Waals surface area contributed by atoms with Gasteiger partial charge in [0, 0.05) is 43.1 Å². The van der Waals surface area contributed by atoms with Crippen LogP contribution in [0.4, 0.5) is 5.69 Å². The Labute approximate surface area is 239 Å². The Morgan fingerprint density at radius 3 is 2.59 bits per heavy atom. The van der Waals surface area contributed by atoms with E-state index in [1.807, 2.05) is 66.7 Å². The molecule has 0 aliphatic carbocycles. The fourth-order valence-electron chi connectivity index (χ4n) is 4.54. The Kier molecular flexibility index (Phi) is 10.8. The molecule has 1 unspecified atom stereocenters. The first-order valence-corrected chi connectivity index (χ1v) is 13.8. The minimum atomic E-state index is -1.38. The number of aliphatic hydroxyl groups excluding tert-OH is 1. The predicted octanol–water partition coefficient (Wildman–Crippen LogP) is 3.34. The van der Waals surface area contributed by atoms with Crippen molar-refractivity contribution in [2.24, 2.45) is 5.73 Å². The third-order valence-corrected chi connectivity index (χ3v) is 7.82. The summed E-state index contributed by atoms with van der Waals surface area (Å²) in [5.41, 5.74) is 5.61. The lowest BCUT2D eigenvalue weighted by atomic mass is 9.88. The van der Waals surface area contributed by atoms with E-state index >= 15 is 0 Å². The Morgan fingerprint density at radius 1 is 1.10 bits per heavy atom. The average molecular weight is 571 g/mol.